The van der Waals surface area contributed by atoms with Crippen LogP contribution in [0, 0.1) is 13.8 Å². The van der Waals surface area contributed by atoms with Crippen LogP contribution in [0.25, 0.3) is 5.69 Å². The topological polar surface area (TPSA) is 76.4 Å². The highest BCUT2D eigenvalue weighted by atomic mass is 16.5. The largest absolute Gasteiger partial charge is 0.481 e. The van der Waals surface area contributed by atoms with Gasteiger partial charge < -0.3 is 15.4 Å². The van der Waals surface area contributed by atoms with Gasteiger partial charge in [0.25, 0.3) is 0 Å². The van der Waals surface area contributed by atoms with Gasteiger partial charge in [-0.3, -0.25) is 0 Å². The third-order valence-electron chi connectivity index (χ3n) is 4.47. The molecule has 7 nitrogen and oxygen atoms in total. The van der Waals surface area contributed by atoms with Gasteiger partial charge in [0.15, 0.2) is 5.96 Å². The van der Waals surface area contributed by atoms with Crippen molar-refractivity contribution in [1.29, 1.82) is 0 Å². The molecule has 0 fully saturated rings. The molecule has 0 unspecified atom stereocenters. The van der Waals surface area contributed by atoms with Crippen molar-refractivity contribution in [3.63, 3.8) is 0 Å². The summed E-state index contributed by atoms with van der Waals surface area (Å²) in [4.78, 5) is 8.91. The van der Waals surface area contributed by atoms with Crippen LogP contribution in [-0.4, -0.2) is 34.4 Å². The molecule has 0 aliphatic carbocycles. The summed E-state index contributed by atoms with van der Waals surface area (Å²) in [5, 5.41) is 11.3. The molecule has 7 heteroatoms. The lowest BCUT2D eigenvalue weighted by Crippen LogP contribution is -2.37. The maximum Gasteiger partial charge on any atom is 0.218 e. The Morgan fingerprint density at radius 3 is 2.62 bits per heavy atom. The van der Waals surface area contributed by atoms with Crippen LogP contribution in [0.3, 0.4) is 0 Å². The fourth-order valence-electron chi connectivity index (χ4n) is 3.15. The van der Waals surface area contributed by atoms with Gasteiger partial charge in [0, 0.05) is 30.5 Å². The molecule has 2 heterocycles. The summed E-state index contributed by atoms with van der Waals surface area (Å²) in [6.07, 6.45) is 1.71. The van der Waals surface area contributed by atoms with Crippen LogP contribution in [0.4, 0.5) is 0 Å². The summed E-state index contributed by atoms with van der Waals surface area (Å²) in [5.74, 6) is 1.34. The molecule has 0 spiro atoms. The maximum atomic E-state index is 5.31. The van der Waals surface area contributed by atoms with E-state index in [1.54, 1.807) is 13.3 Å². The third kappa shape index (κ3) is 5.13. The Balaban J connectivity index is 1.77. The van der Waals surface area contributed by atoms with Crippen molar-refractivity contribution in [3.05, 3.63) is 71.2 Å². The van der Waals surface area contributed by atoms with Gasteiger partial charge in [0.05, 0.1) is 25.0 Å². The molecule has 0 saturated carbocycles. The van der Waals surface area contributed by atoms with Gasteiger partial charge in [-0.1, -0.05) is 24.3 Å². The van der Waals surface area contributed by atoms with Gasteiger partial charge in [-0.25, -0.2) is 14.7 Å². The first kappa shape index (κ1) is 20.4. The van der Waals surface area contributed by atoms with Crippen molar-refractivity contribution >= 4 is 5.96 Å². The van der Waals surface area contributed by atoms with Crippen LogP contribution in [0.5, 0.6) is 5.88 Å². The molecule has 0 atom stereocenters. The number of benzene rings is 1. The second-order valence-corrected chi connectivity index (χ2v) is 6.69. The van der Waals surface area contributed by atoms with Crippen molar-refractivity contribution in [3.8, 4) is 11.6 Å². The molecular formula is C22H28N6O. The van der Waals surface area contributed by atoms with Crippen LogP contribution < -0.4 is 15.4 Å². The number of ether oxygens (including phenoxy) is 1. The minimum atomic E-state index is 0.478. The zero-order chi connectivity index (χ0) is 20.6. The Hall–Kier alpha value is -3.35. The van der Waals surface area contributed by atoms with Crippen molar-refractivity contribution in [2.75, 3.05) is 13.7 Å². The minimum absolute atomic E-state index is 0.478. The van der Waals surface area contributed by atoms with E-state index in [0.29, 0.717) is 19.0 Å². The minimum Gasteiger partial charge on any atom is -0.481 e. The summed E-state index contributed by atoms with van der Waals surface area (Å²) in [5.41, 5.74) is 5.26. The molecule has 0 amide bonds. The summed E-state index contributed by atoms with van der Waals surface area (Å²) in [6, 6.07) is 14.2. The standard InChI is InChI=1S/C22H28N6O/c1-5-23-22(26-15-19-10-8-12-24-21(19)29-4)25-14-18-9-6-7-11-20(18)28-17(3)13-16(2)27-28/h6-13H,5,14-15H2,1-4H3,(H2,23,25,26). The smallest absolute Gasteiger partial charge is 0.218 e. The Morgan fingerprint density at radius 2 is 1.90 bits per heavy atom. The van der Waals surface area contributed by atoms with Crippen LogP contribution in [0.1, 0.15) is 29.4 Å². The Kier molecular flexibility index (Phi) is 6.84. The number of hydrogen-bond donors (Lipinski definition) is 2. The van der Waals surface area contributed by atoms with E-state index >= 15 is 0 Å². The van der Waals surface area contributed by atoms with Crippen molar-refractivity contribution in [1.82, 2.24) is 25.4 Å². The van der Waals surface area contributed by atoms with Gasteiger partial charge in [-0.15, -0.1) is 0 Å². The quantitative estimate of drug-likeness (QED) is 0.477. The molecule has 152 valence electrons. The van der Waals surface area contributed by atoms with Gasteiger partial charge in [-0.05, 0) is 44.5 Å². The molecule has 0 saturated heterocycles. The second kappa shape index (κ2) is 9.73. The molecule has 2 aromatic heterocycles. The number of aryl methyl sites for hydroxylation is 2. The number of aromatic nitrogens is 3. The first-order valence-electron chi connectivity index (χ1n) is 9.74. The second-order valence-electron chi connectivity index (χ2n) is 6.69. The number of guanidine groups is 1. The number of pyridine rings is 1. The SMILES string of the molecule is CCNC(=NCc1cccnc1OC)NCc1ccccc1-n1nc(C)cc1C. The van der Waals surface area contributed by atoms with Crippen LogP contribution in [-0.2, 0) is 13.1 Å². The highest BCUT2D eigenvalue weighted by molar-refractivity contribution is 5.79. The normalized spacial score (nSPS) is 11.4. The van der Waals surface area contributed by atoms with Crippen molar-refractivity contribution in [2.45, 2.75) is 33.9 Å². The van der Waals surface area contributed by atoms with E-state index in [0.717, 1.165) is 40.7 Å². The van der Waals surface area contributed by atoms with E-state index in [1.807, 2.05) is 42.8 Å². The fourth-order valence-corrected chi connectivity index (χ4v) is 3.15. The summed E-state index contributed by atoms with van der Waals surface area (Å²) in [6.45, 7) is 8.00. The molecule has 3 rings (SSSR count). The fraction of sp³-hybridized carbons (Fsp3) is 0.318. The molecule has 0 radical (unpaired) electrons. The number of rotatable bonds is 7. The van der Waals surface area contributed by atoms with E-state index in [2.05, 4.69) is 50.8 Å². The van der Waals surface area contributed by atoms with Crippen LogP contribution in [0.2, 0.25) is 0 Å². The third-order valence-corrected chi connectivity index (χ3v) is 4.47. The molecule has 2 N–H and O–H groups in total. The first-order chi connectivity index (χ1) is 14.1. The number of nitrogens with zero attached hydrogens (tertiary/aromatic N) is 4. The number of para-hydroxylation sites is 1. The summed E-state index contributed by atoms with van der Waals surface area (Å²) < 4.78 is 7.30. The van der Waals surface area contributed by atoms with E-state index in [4.69, 9.17) is 4.74 Å². The number of aliphatic imine (C=N–C) groups is 1. The first-order valence-corrected chi connectivity index (χ1v) is 9.74. The number of hydrogen-bond acceptors (Lipinski definition) is 4. The Labute approximate surface area is 171 Å². The van der Waals surface area contributed by atoms with E-state index < -0.39 is 0 Å². The molecule has 29 heavy (non-hydrogen) atoms. The predicted molar refractivity (Wildman–Crippen MR) is 115 cm³/mol. The molecule has 0 aliphatic rings. The van der Waals surface area contributed by atoms with E-state index in [1.165, 1.54) is 0 Å². The Morgan fingerprint density at radius 1 is 1.10 bits per heavy atom. The van der Waals surface area contributed by atoms with Crippen molar-refractivity contribution < 1.29 is 4.74 Å². The maximum absolute atomic E-state index is 5.31. The molecule has 0 bridgehead atoms. The molecule has 3 aromatic rings. The van der Waals surface area contributed by atoms with Crippen LogP contribution >= 0.6 is 0 Å². The highest BCUT2D eigenvalue weighted by Crippen LogP contribution is 2.17. The van der Waals surface area contributed by atoms with E-state index in [-0.39, 0.29) is 0 Å². The highest BCUT2D eigenvalue weighted by Gasteiger charge is 2.09. The lowest BCUT2D eigenvalue weighted by molar-refractivity contribution is 0.392. The lowest BCUT2D eigenvalue weighted by Gasteiger charge is -2.15. The average molecular weight is 393 g/mol. The number of nitrogens with one attached hydrogen (secondary N) is 2. The van der Waals surface area contributed by atoms with Gasteiger partial charge in [-0.2, -0.15) is 5.10 Å². The van der Waals surface area contributed by atoms with E-state index in [9.17, 15) is 0 Å². The monoisotopic (exact) mass is 392 g/mol. The summed E-state index contributed by atoms with van der Waals surface area (Å²) >= 11 is 0. The summed E-state index contributed by atoms with van der Waals surface area (Å²) in [7, 11) is 1.62. The van der Waals surface area contributed by atoms with Gasteiger partial charge in [0.1, 0.15) is 0 Å². The van der Waals surface area contributed by atoms with Crippen molar-refractivity contribution in [2.24, 2.45) is 4.99 Å². The zero-order valence-electron chi connectivity index (χ0n) is 17.4. The zero-order valence-corrected chi connectivity index (χ0v) is 17.4. The predicted octanol–water partition coefficient (Wildman–Crippen LogP) is 3.15. The Bertz CT molecular complexity index is 979. The molecule has 1 aromatic carbocycles. The molecular weight excluding hydrogens is 364 g/mol. The van der Waals surface area contributed by atoms with Gasteiger partial charge >= 0.3 is 0 Å². The number of methoxy groups -OCH3 is 1. The average Bonchev–Trinajstić information content (AvgIpc) is 3.08. The van der Waals surface area contributed by atoms with Crippen LogP contribution in [0.15, 0.2) is 53.7 Å². The lowest BCUT2D eigenvalue weighted by atomic mass is 10.1. The van der Waals surface area contributed by atoms with Gasteiger partial charge in [0.2, 0.25) is 5.88 Å². The molecule has 0 aliphatic heterocycles.